The van der Waals surface area contributed by atoms with Crippen LogP contribution >= 0.6 is 0 Å². The third-order valence-corrected chi connectivity index (χ3v) is 3.55. The average molecular weight is 178 g/mol. The number of carbonyl (C=O) groups is 1. The lowest BCUT2D eigenvalue weighted by Crippen LogP contribution is -2.13. The zero-order valence-corrected chi connectivity index (χ0v) is 8.38. The van der Waals surface area contributed by atoms with Gasteiger partial charge in [0.15, 0.2) is 5.78 Å². The molecule has 2 aliphatic rings. The molecule has 0 aromatic rings. The molecule has 0 aromatic carbocycles. The minimum atomic E-state index is 0.355. The highest BCUT2D eigenvalue weighted by Gasteiger charge is 2.24. The van der Waals surface area contributed by atoms with Gasteiger partial charge in [-0.1, -0.05) is 25.3 Å². The van der Waals surface area contributed by atoms with Gasteiger partial charge in [-0.2, -0.15) is 0 Å². The maximum Gasteiger partial charge on any atom is 0.155 e. The molecule has 2 aliphatic carbocycles. The molecule has 0 bridgehead atoms. The summed E-state index contributed by atoms with van der Waals surface area (Å²) in [4.78, 5) is 11.1. The van der Waals surface area contributed by atoms with E-state index in [1.165, 1.54) is 31.3 Å². The quantitative estimate of drug-likeness (QED) is 0.603. The first-order valence-electron chi connectivity index (χ1n) is 5.49. The number of hydrogen-bond acceptors (Lipinski definition) is 1. The Morgan fingerprint density at radius 3 is 2.38 bits per heavy atom. The summed E-state index contributed by atoms with van der Waals surface area (Å²) in [5.74, 6) is 2.02. The molecule has 0 aliphatic heterocycles. The van der Waals surface area contributed by atoms with Gasteiger partial charge in [0.05, 0.1) is 0 Å². The van der Waals surface area contributed by atoms with Gasteiger partial charge in [-0.15, -0.1) is 0 Å². The van der Waals surface area contributed by atoms with Gasteiger partial charge in [-0.05, 0) is 37.2 Å². The highest BCUT2D eigenvalue weighted by atomic mass is 16.1. The predicted octanol–water partition coefficient (Wildman–Crippen LogP) is 3.10. The molecule has 0 radical (unpaired) electrons. The van der Waals surface area contributed by atoms with E-state index in [4.69, 9.17) is 0 Å². The van der Waals surface area contributed by atoms with Crippen LogP contribution in [0.15, 0.2) is 11.6 Å². The highest BCUT2D eigenvalue weighted by molar-refractivity contribution is 5.93. The van der Waals surface area contributed by atoms with E-state index in [0.717, 1.165) is 24.7 Å². The zero-order valence-electron chi connectivity index (χ0n) is 8.38. The summed E-state index contributed by atoms with van der Waals surface area (Å²) in [5.41, 5.74) is 1.46. The van der Waals surface area contributed by atoms with Gasteiger partial charge in [-0.3, -0.25) is 4.79 Å². The van der Waals surface area contributed by atoms with Gasteiger partial charge in [0.1, 0.15) is 0 Å². The van der Waals surface area contributed by atoms with E-state index in [-0.39, 0.29) is 0 Å². The summed E-state index contributed by atoms with van der Waals surface area (Å²) in [7, 11) is 0. The Morgan fingerprint density at radius 2 is 1.85 bits per heavy atom. The standard InChI is InChI=1S/C12H18O/c1-9-2-4-10(5-3-9)11-6-7-12(13)8-11/h8-10H,2-7H2,1H3. The van der Waals surface area contributed by atoms with E-state index < -0.39 is 0 Å². The first-order valence-corrected chi connectivity index (χ1v) is 5.49. The number of rotatable bonds is 1. The molecule has 1 fully saturated rings. The Labute approximate surface area is 80.2 Å². The van der Waals surface area contributed by atoms with E-state index in [9.17, 15) is 4.79 Å². The minimum Gasteiger partial charge on any atom is -0.295 e. The summed E-state index contributed by atoms with van der Waals surface area (Å²) >= 11 is 0. The second kappa shape index (κ2) is 3.65. The second-order valence-electron chi connectivity index (χ2n) is 4.64. The third kappa shape index (κ3) is 2.01. The molecule has 0 N–H and O–H groups in total. The van der Waals surface area contributed by atoms with Crippen molar-refractivity contribution in [3.05, 3.63) is 11.6 Å². The van der Waals surface area contributed by atoms with Crippen LogP contribution in [0.5, 0.6) is 0 Å². The van der Waals surface area contributed by atoms with Crippen molar-refractivity contribution in [3.63, 3.8) is 0 Å². The summed E-state index contributed by atoms with van der Waals surface area (Å²) in [5, 5.41) is 0. The Kier molecular flexibility index (Phi) is 2.52. The molecular formula is C12H18O. The van der Waals surface area contributed by atoms with Crippen LogP contribution in [0.25, 0.3) is 0 Å². The fraction of sp³-hybridized carbons (Fsp3) is 0.750. The van der Waals surface area contributed by atoms with Gasteiger partial charge < -0.3 is 0 Å². The van der Waals surface area contributed by atoms with Crippen molar-refractivity contribution in [2.24, 2.45) is 11.8 Å². The van der Waals surface area contributed by atoms with Crippen LogP contribution in [0.3, 0.4) is 0 Å². The fourth-order valence-corrected chi connectivity index (χ4v) is 2.57. The van der Waals surface area contributed by atoms with Crippen molar-refractivity contribution in [1.29, 1.82) is 0 Å². The third-order valence-electron chi connectivity index (χ3n) is 3.55. The van der Waals surface area contributed by atoms with Crippen LogP contribution in [-0.4, -0.2) is 5.78 Å². The maximum absolute atomic E-state index is 11.1. The SMILES string of the molecule is CC1CCC(C2=CC(=O)CC2)CC1. The molecule has 0 heterocycles. The lowest BCUT2D eigenvalue weighted by atomic mass is 9.79. The lowest BCUT2D eigenvalue weighted by Gasteiger charge is -2.26. The second-order valence-corrected chi connectivity index (χ2v) is 4.64. The average Bonchev–Trinajstić information content (AvgIpc) is 2.53. The first kappa shape index (κ1) is 8.98. The summed E-state index contributed by atoms with van der Waals surface area (Å²) in [6.45, 7) is 2.34. The fourth-order valence-electron chi connectivity index (χ4n) is 2.57. The van der Waals surface area contributed by atoms with E-state index >= 15 is 0 Å². The van der Waals surface area contributed by atoms with Crippen molar-refractivity contribution >= 4 is 5.78 Å². The molecule has 1 saturated carbocycles. The van der Waals surface area contributed by atoms with Crippen molar-refractivity contribution < 1.29 is 4.79 Å². The normalized spacial score (nSPS) is 34.8. The van der Waals surface area contributed by atoms with Crippen LogP contribution in [0.2, 0.25) is 0 Å². The Balaban J connectivity index is 1.95. The van der Waals surface area contributed by atoms with Gasteiger partial charge >= 0.3 is 0 Å². The first-order chi connectivity index (χ1) is 6.25. The molecule has 72 valence electrons. The maximum atomic E-state index is 11.1. The molecule has 0 aromatic heterocycles. The number of hydrogen-bond donors (Lipinski definition) is 0. The lowest BCUT2D eigenvalue weighted by molar-refractivity contribution is -0.114. The molecule has 13 heavy (non-hydrogen) atoms. The minimum absolute atomic E-state index is 0.355. The molecular weight excluding hydrogens is 160 g/mol. The summed E-state index contributed by atoms with van der Waals surface area (Å²) in [6.07, 6.45) is 9.10. The topological polar surface area (TPSA) is 17.1 Å². The Morgan fingerprint density at radius 1 is 1.15 bits per heavy atom. The Bertz CT molecular complexity index is 232. The van der Waals surface area contributed by atoms with E-state index in [2.05, 4.69) is 6.92 Å². The number of carbonyl (C=O) groups excluding carboxylic acids is 1. The summed E-state index contributed by atoms with van der Waals surface area (Å²) in [6, 6.07) is 0. The molecule has 0 saturated heterocycles. The van der Waals surface area contributed by atoms with Gasteiger partial charge in [0.2, 0.25) is 0 Å². The smallest absolute Gasteiger partial charge is 0.155 e. The van der Waals surface area contributed by atoms with Gasteiger partial charge in [0, 0.05) is 6.42 Å². The van der Waals surface area contributed by atoms with Crippen molar-refractivity contribution in [1.82, 2.24) is 0 Å². The van der Waals surface area contributed by atoms with Crippen LogP contribution in [0.1, 0.15) is 45.4 Å². The highest BCUT2D eigenvalue weighted by Crippen LogP contribution is 2.36. The molecule has 1 heteroatoms. The van der Waals surface area contributed by atoms with Crippen molar-refractivity contribution in [3.8, 4) is 0 Å². The summed E-state index contributed by atoms with van der Waals surface area (Å²) < 4.78 is 0. The molecule has 0 unspecified atom stereocenters. The largest absolute Gasteiger partial charge is 0.295 e. The van der Waals surface area contributed by atoms with Gasteiger partial charge in [-0.25, -0.2) is 0 Å². The number of allylic oxidation sites excluding steroid dienone is 2. The van der Waals surface area contributed by atoms with E-state index in [1.807, 2.05) is 6.08 Å². The van der Waals surface area contributed by atoms with Crippen LogP contribution in [0, 0.1) is 11.8 Å². The van der Waals surface area contributed by atoms with Gasteiger partial charge in [0.25, 0.3) is 0 Å². The van der Waals surface area contributed by atoms with Crippen molar-refractivity contribution in [2.45, 2.75) is 45.4 Å². The molecule has 0 amide bonds. The molecule has 0 atom stereocenters. The van der Waals surface area contributed by atoms with E-state index in [0.29, 0.717) is 5.78 Å². The monoisotopic (exact) mass is 178 g/mol. The molecule has 1 nitrogen and oxygen atoms in total. The molecule has 0 spiro atoms. The van der Waals surface area contributed by atoms with Crippen LogP contribution in [-0.2, 0) is 4.79 Å². The van der Waals surface area contributed by atoms with Crippen molar-refractivity contribution in [2.75, 3.05) is 0 Å². The molecule has 2 rings (SSSR count). The number of ketones is 1. The van der Waals surface area contributed by atoms with Crippen LogP contribution < -0.4 is 0 Å². The van der Waals surface area contributed by atoms with E-state index in [1.54, 1.807) is 0 Å². The Hall–Kier alpha value is -0.590. The predicted molar refractivity (Wildman–Crippen MR) is 53.4 cm³/mol. The van der Waals surface area contributed by atoms with Crippen LogP contribution in [0.4, 0.5) is 0 Å². The zero-order chi connectivity index (χ0) is 9.26.